The predicted molar refractivity (Wildman–Crippen MR) is 90.4 cm³/mol. The molecule has 1 aliphatic heterocycles. The molecule has 0 aliphatic carbocycles. The molecule has 7 heteroatoms. The first-order valence-electron chi connectivity index (χ1n) is 6.88. The SMILES string of the molecule is COc1cccc(SCC(=O)N2CSC[C@H]2C(=O)N(C)C)c1. The first-order chi connectivity index (χ1) is 10.5. The van der Waals surface area contributed by atoms with Gasteiger partial charge in [-0.25, -0.2) is 0 Å². The summed E-state index contributed by atoms with van der Waals surface area (Å²) < 4.78 is 5.17. The summed E-state index contributed by atoms with van der Waals surface area (Å²) in [6.07, 6.45) is 0. The van der Waals surface area contributed by atoms with Crippen LogP contribution in [0.15, 0.2) is 29.2 Å². The maximum Gasteiger partial charge on any atom is 0.245 e. The van der Waals surface area contributed by atoms with E-state index in [9.17, 15) is 9.59 Å². The van der Waals surface area contributed by atoms with Crippen molar-refractivity contribution in [3.8, 4) is 5.75 Å². The lowest BCUT2D eigenvalue weighted by atomic mass is 10.2. The maximum atomic E-state index is 12.4. The molecule has 1 heterocycles. The first-order valence-corrected chi connectivity index (χ1v) is 9.02. The van der Waals surface area contributed by atoms with Crippen LogP contribution in [0.1, 0.15) is 0 Å². The van der Waals surface area contributed by atoms with Gasteiger partial charge < -0.3 is 14.5 Å². The summed E-state index contributed by atoms with van der Waals surface area (Å²) in [5.74, 6) is 2.34. The van der Waals surface area contributed by atoms with Crippen LogP contribution in [0.2, 0.25) is 0 Å². The third-order valence-corrected chi connectivity index (χ3v) is 5.32. The fraction of sp³-hybridized carbons (Fsp3) is 0.467. The number of hydrogen-bond acceptors (Lipinski definition) is 5. The minimum atomic E-state index is -0.335. The summed E-state index contributed by atoms with van der Waals surface area (Å²) in [5.41, 5.74) is 0. The second-order valence-electron chi connectivity index (χ2n) is 5.08. The zero-order chi connectivity index (χ0) is 16.1. The Morgan fingerprint density at radius 3 is 2.91 bits per heavy atom. The van der Waals surface area contributed by atoms with Crippen LogP contribution in [-0.4, -0.2) is 66.2 Å². The highest BCUT2D eigenvalue weighted by molar-refractivity contribution is 8.00. The summed E-state index contributed by atoms with van der Waals surface area (Å²) in [7, 11) is 5.06. The molecule has 0 radical (unpaired) electrons. The smallest absolute Gasteiger partial charge is 0.245 e. The van der Waals surface area contributed by atoms with Gasteiger partial charge in [0.05, 0.1) is 18.7 Å². The Morgan fingerprint density at radius 1 is 1.45 bits per heavy atom. The van der Waals surface area contributed by atoms with E-state index in [4.69, 9.17) is 4.74 Å². The van der Waals surface area contributed by atoms with Crippen molar-refractivity contribution in [3.05, 3.63) is 24.3 Å². The zero-order valence-electron chi connectivity index (χ0n) is 12.9. The van der Waals surface area contributed by atoms with Gasteiger partial charge in [-0.1, -0.05) is 6.07 Å². The van der Waals surface area contributed by atoms with Crippen molar-refractivity contribution in [1.82, 2.24) is 9.80 Å². The molecule has 1 fully saturated rings. The monoisotopic (exact) mass is 340 g/mol. The van der Waals surface area contributed by atoms with Crippen LogP contribution in [0.5, 0.6) is 5.75 Å². The van der Waals surface area contributed by atoms with Crippen molar-refractivity contribution < 1.29 is 14.3 Å². The Kier molecular flexibility index (Phi) is 6.02. The largest absolute Gasteiger partial charge is 0.497 e. The second kappa shape index (κ2) is 7.78. The summed E-state index contributed by atoms with van der Waals surface area (Å²) in [5, 5.41) is 0. The number of likely N-dealkylation sites (N-methyl/N-ethyl adjacent to an activating group) is 1. The van der Waals surface area contributed by atoms with Crippen molar-refractivity contribution in [2.75, 3.05) is 38.6 Å². The van der Waals surface area contributed by atoms with Crippen LogP contribution >= 0.6 is 23.5 Å². The van der Waals surface area contributed by atoms with E-state index in [2.05, 4.69) is 0 Å². The lowest BCUT2D eigenvalue weighted by molar-refractivity contribution is -0.140. The Labute approximate surface area is 139 Å². The standard InChI is InChI=1S/C15H20N2O3S2/c1-16(2)15(19)13-8-21-10-17(13)14(18)9-22-12-6-4-5-11(7-12)20-3/h4-7,13H,8-10H2,1-3H3/t13-/m0/s1. The molecule has 2 rings (SSSR count). The van der Waals surface area contributed by atoms with Crippen LogP contribution in [0.25, 0.3) is 0 Å². The van der Waals surface area contributed by atoms with Gasteiger partial charge in [-0.05, 0) is 18.2 Å². The number of carbonyl (C=O) groups is 2. The van der Waals surface area contributed by atoms with E-state index in [1.807, 2.05) is 24.3 Å². The molecule has 0 spiro atoms. The molecular weight excluding hydrogens is 320 g/mol. The van der Waals surface area contributed by atoms with Gasteiger partial charge in [0, 0.05) is 24.7 Å². The van der Waals surface area contributed by atoms with Crippen LogP contribution in [0, 0.1) is 0 Å². The highest BCUT2D eigenvalue weighted by Gasteiger charge is 2.35. The van der Waals surface area contributed by atoms with Gasteiger partial charge in [0.15, 0.2) is 0 Å². The Morgan fingerprint density at radius 2 is 2.23 bits per heavy atom. The summed E-state index contributed by atoms with van der Waals surface area (Å²) >= 11 is 3.08. The fourth-order valence-electron chi connectivity index (χ4n) is 2.11. The average Bonchev–Trinajstić information content (AvgIpc) is 3.01. The molecular formula is C15H20N2O3S2. The number of carbonyl (C=O) groups excluding carboxylic acids is 2. The van der Waals surface area contributed by atoms with Gasteiger partial charge in [0.1, 0.15) is 11.8 Å². The Balaban J connectivity index is 1.95. The first kappa shape index (κ1) is 17.0. The molecule has 1 atom stereocenters. The molecule has 0 saturated carbocycles. The van der Waals surface area contributed by atoms with Crippen molar-refractivity contribution in [1.29, 1.82) is 0 Å². The highest BCUT2D eigenvalue weighted by Crippen LogP contribution is 2.26. The number of thioether (sulfide) groups is 2. The number of methoxy groups -OCH3 is 1. The van der Waals surface area contributed by atoms with Crippen LogP contribution in [-0.2, 0) is 9.59 Å². The summed E-state index contributed by atoms with van der Waals surface area (Å²) in [4.78, 5) is 28.7. The van der Waals surface area contributed by atoms with Gasteiger partial charge >= 0.3 is 0 Å². The van der Waals surface area contributed by atoms with Crippen molar-refractivity contribution in [2.24, 2.45) is 0 Å². The Hall–Kier alpha value is -1.34. The molecule has 1 aromatic carbocycles. The number of amides is 2. The third kappa shape index (κ3) is 4.10. The van der Waals surface area contributed by atoms with Crippen LogP contribution in [0.4, 0.5) is 0 Å². The van der Waals surface area contributed by atoms with E-state index in [-0.39, 0.29) is 17.9 Å². The van der Waals surface area contributed by atoms with E-state index in [1.54, 1.807) is 42.8 Å². The van der Waals surface area contributed by atoms with Gasteiger partial charge in [0.25, 0.3) is 0 Å². The van der Waals surface area contributed by atoms with Crippen molar-refractivity contribution in [2.45, 2.75) is 10.9 Å². The van der Waals surface area contributed by atoms with E-state index in [0.29, 0.717) is 17.4 Å². The molecule has 22 heavy (non-hydrogen) atoms. The summed E-state index contributed by atoms with van der Waals surface area (Å²) in [6, 6.07) is 7.28. The molecule has 5 nitrogen and oxygen atoms in total. The van der Waals surface area contributed by atoms with E-state index < -0.39 is 0 Å². The quantitative estimate of drug-likeness (QED) is 0.765. The number of benzene rings is 1. The fourth-order valence-corrected chi connectivity index (χ4v) is 4.11. The zero-order valence-corrected chi connectivity index (χ0v) is 14.6. The van der Waals surface area contributed by atoms with E-state index >= 15 is 0 Å². The lowest BCUT2D eigenvalue weighted by Gasteiger charge is -2.25. The van der Waals surface area contributed by atoms with Crippen molar-refractivity contribution >= 4 is 35.3 Å². The molecule has 120 valence electrons. The minimum absolute atomic E-state index is 0.00183. The highest BCUT2D eigenvalue weighted by atomic mass is 32.2. The second-order valence-corrected chi connectivity index (χ2v) is 7.13. The van der Waals surface area contributed by atoms with Crippen LogP contribution < -0.4 is 4.74 Å². The topological polar surface area (TPSA) is 49.9 Å². The van der Waals surface area contributed by atoms with Gasteiger partial charge in [-0.2, -0.15) is 0 Å². The van der Waals surface area contributed by atoms with E-state index in [1.165, 1.54) is 11.8 Å². The average molecular weight is 340 g/mol. The molecule has 2 amide bonds. The number of ether oxygens (including phenoxy) is 1. The van der Waals surface area contributed by atoms with Gasteiger partial charge in [-0.3, -0.25) is 9.59 Å². The molecule has 1 aromatic rings. The molecule has 0 aromatic heterocycles. The molecule has 1 aliphatic rings. The number of rotatable bonds is 5. The molecule has 0 N–H and O–H groups in total. The normalized spacial score (nSPS) is 17.4. The maximum absolute atomic E-state index is 12.4. The Bertz CT molecular complexity index is 551. The van der Waals surface area contributed by atoms with Crippen LogP contribution in [0.3, 0.4) is 0 Å². The number of hydrogen-bond donors (Lipinski definition) is 0. The molecule has 0 unspecified atom stereocenters. The van der Waals surface area contributed by atoms with Gasteiger partial charge in [0.2, 0.25) is 11.8 Å². The lowest BCUT2D eigenvalue weighted by Crippen LogP contribution is -2.47. The molecule has 1 saturated heterocycles. The third-order valence-electron chi connectivity index (χ3n) is 3.33. The predicted octanol–water partition coefficient (Wildman–Crippen LogP) is 1.78. The number of nitrogens with zero attached hydrogens (tertiary/aromatic N) is 2. The van der Waals surface area contributed by atoms with Crippen molar-refractivity contribution in [3.63, 3.8) is 0 Å². The van der Waals surface area contributed by atoms with E-state index in [0.717, 1.165) is 10.6 Å². The minimum Gasteiger partial charge on any atom is -0.497 e. The molecule has 0 bridgehead atoms. The summed E-state index contributed by atoms with van der Waals surface area (Å²) in [6.45, 7) is 0. The van der Waals surface area contributed by atoms with Gasteiger partial charge in [-0.15, -0.1) is 23.5 Å².